The lowest BCUT2D eigenvalue weighted by Crippen LogP contribution is -2.40. The van der Waals surface area contributed by atoms with Gasteiger partial charge in [0.25, 0.3) is 6.29 Å². The average Bonchev–Trinajstić information content (AvgIpc) is 3.64. The number of likely N-dealkylation sites (N-methyl/N-ethyl adjacent to an activating group) is 1. The summed E-state index contributed by atoms with van der Waals surface area (Å²) in [6, 6.07) is 0. The molecule has 0 heterocycles. The Balaban J connectivity index is 4.25. The van der Waals surface area contributed by atoms with Crippen molar-refractivity contribution in [2.24, 2.45) is 0 Å². The summed E-state index contributed by atoms with van der Waals surface area (Å²) in [7, 11) is 5.94. The highest BCUT2D eigenvalue weighted by Crippen LogP contribution is 2.14. The number of ether oxygens (including phenoxy) is 4. The molecule has 0 fully saturated rings. The van der Waals surface area contributed by atoms with E-state index in [9.17, 15) is 19.5 Å². The number of unbranched alkanes of at least 4 members (excludes halogenated alkanes) is 11. The summed E-state index contributed by atoms with van der Waals surface area (Å²) in [5.41, 5.74) is 0. The maximum absolute atomic E-state index is 12.9. The standard InChI is InChI=1S/C80H123NO8/c1-6-8-10-12-14-16-18-20-22-24-26-28-30-31-32-33-34-35-36-37-38-39-40-41-42-43-44-45-46-47-49-51-53-55-57-59-61-63-65-67-69-71-78(83)89-76(75-88-80(79(84)85)86-73-72-81(3,4)5)74-87-77(82)70-68-66-64-62-60-58-56-54-52-50-48-29-27-25-23-21-19-17-15-13-11-9-7-2/h8-11,14-17,20-23,26-29,31-32,34-35,37-38,40-41,43-44,46-47,50,52,56,58,62,64,76,80H,6-7,12-13,18-19,24-25,30,33,36,39,42,45,48-49,51,53-55,57,59-61,63,65-75H2,1-5H3/p+1/b10-8-,11-9-,16-14-,17-15-,22-20-,23-21-,28-26-,29-27-,32-31-,35-34-,38-37-,41-40-,44-43-,47-46-,52-50-,58-56-,64-62-. The van der Waals surface area contributed by atoms with Gasteiger partial charge in [0.2, 0.25) is 0 Å². The summed E-state index contributed by atoms with van der Waals surface area (Å²) in [6.07, 6.45) is 104. The van der Waals surface area contributed by atoms with Crippen molar-refractivity contribution in [3.8, 4) is 0 Å². The summed E-state index contributed by atoms with van der Waals surface area (Å²) in [5, 5.41) is 9.73. The third-order valence-corrected chi connectivity index (χ3v) is 13.5. The SMILES string of the molecule is CC/C=C\C/C=C\C/C=C\C/C=C\C/C=C\C/C=C\C/C=C\C/C=C\C/C=C\C/C=C\CCCCCCCCCCCCC(=O)OC(COC(=O)CCC/C=C\C/C=C\C/C=C\C/C=C\C/C=C\C/C=C\C/C=C\CC)COC(OCC[N+](C)(C)C)C(=O)O. The number of rotatable bonds is 60. The molecule has 496 valence electrons. The zero-order valence-corrected chi connectivity index (χ0v) is 56.5. The molecular formula is C80H124NO8+. The molecule has 1 N–H and O–H groups in total. The van der Waals surface area contributed by atoms with Gasteiger partial charge in [-0.1, -0.05) is 272 Å². The molecule has 0 aromatic carbocycles. The Kier molecular flexibility index (Phi) is 63.1. The molecule has 0 aromatic heterocycles. The van der Waals surface area contributed by atoms with Crippen molar-refractivity contribution < 1.29 is 42.9 Å². The van der Waals surface area contributed by atoms with Crippen molar-refractivity contribution in [2.45, 2.75) is 232 Å². The minimum Gasteiger partial charge on any atom is -0.477 e. The molecule has 0 spiro atoms. The van der Waals surface area contributed by atoms with Crippen molar-refractivity contribution in [1.29, 1.82) is 0 Å². The van der Waals surface area contributed by atoms with Gasteiger partial charge in [-0.15, -0.1) is 0 Å². The van der Waals surface area contributed by atoms with Crippen molar-refractivity contribution in [1.82, 2.24) is 0 Å². The van der Waals surface area contributed by atoms with Crippen molar-refractivity contribution in [3.63, 3.8) is 0 Å². The lowest BCUT2D eigenvalue weighted by atomic mass is 10.0. The Morgan fingerprint density at radius 3 is 0.933 bits per heavy atom. The molecule has 0 amide bonds. The molecule has 2 atom stereocenters. The number of carboxylic acid groups (broad SMARTS) is 1. The quantitative estimate of drug-likeness (QED) is 0.0211. The van der Waals surface area contributed by atoms with Crippen LogP contribution < -0.4 is 0 Å². The first kappa shape index (κ1) is 82.9. The number of carbonyl (C=O) groups is 3. The summed E-state index contributed by atoms with van der Waals surface area (Å²) in [4.78, 5) is 37.5. The molecule has 9 heteroatoms. The lowest BCUT2D eigenvalue weighted by molar-refractivity contribution is -0.870. The minimum absolute atomic E-state index is 0.166. The molecule has 0 saturated heterocycles. The third kappa shape index (κ3) is 69.2. The van der Waals surface area contributed by atoms with Crippen LogP contribution in [-0.2, 0) is 33.3 Å². The van der Waals surface area contributed by atoms with E-state index in [0.29, 0.717) is 23.9 Å². The molecule has 9 nitrogen and oxygen atoms in total. The highest BCUT2D eigenvalue weighted by molar-refractivity contribution is 5.71. The van der Waals surface area contributed by atoms with Crippen LogP contribution >= 0.6 is 0 Å². The van der Waals surface area contributed by atoms with E-state index in [2.05, 4.69) is 220 Å². The maximum atomic E-state index is 12.9. The molecule has 0 aliphatic carbocycles. The van der Waals surface area contributed by atoms with Gasteiger partial charge in [0.05, 0.1) is 34.4 Å². The Labute approximate surface area is 544 Å². The van der Waals surface area contributed by atoms with Gasteiger partial charge in [0.1, 0.15) is 13.2 Å². The molecule has 0 bridgehead atoms. The first-order valence-electron chi connectivity index (χ1n) is 34.2. The van der Waals surface area contributed by atoms with Gasteiger partial charge >= 0.3 is 17.9 Å². The highest BCUT2D eigenvalue weighted by atomic mass is 16.7. The van der Waals surface area contributed by atoms with Gasteiger partial charge in [-0.05, 0) is 141 Å². The fourth-order valence-corrected chi connectivity index (χ4v) is 8.38. The van der Waals surface area contributed by atoms with Crippen LogP contribution in [0.2, 0.25) is 0 Å². The molecule has 89 heavy (non-hydrogen) atoms. The van der Waals surface area contributed by atoms with Crippen LogP contribution in [0.1, 0.15) is 219 Å². The Bertz CT molecular complexity index is 2210. The van der Waals surface area contributed by atoms with E-state index in [1.165, 1.54) is 38.5 Å². The van der Waals surface area contributed by atoms with Gasteiger partial charge < -0.3 is 28.5 Å². The molecule has 0 aromatic rings. The zero-order chi connectivity index (χ0) is 64.7. The topological polar surface area (TPSA) is 108 Å². The maximum Gasteiger partial charge on any atom is 0.361 e. The summed E-state index contributed by atoms with van der Waals surface area (Å²) in [6.45, 7) is 4.55. The monoisotopic (exact) mass is 1230 g/mol. The van der Waals surface area contributed by atoms with Crippen LogP contribution in [0.25, 0.3) is 0 Å². The molecule has 0 rings (SSSR count). The van der Waals surface area contributed by atoms with Gasteiger partial charge in [0.15, 0.2) is 6.10 Å². The van der Waals surface area contributed by atoms with E-state index < -0.39 is 30.3 Å². The summed E-state index contributed by atoms with van der Waals surface area (Å²) >= 11 is 0. The molecule has 2 unspecified atom stereocenters. The van der Waals surface area contributed by atoms with Crippen LogP contribution in [0, 0.1) is 0 Å². The number of carboxylic acids is 1. The molecule has 0 radical (unpaired) electrons. The highest BCUT2D eigenvalue weighted by Gasteiger charge is 2.25. The van der Waals surface area contributed by atoms with E-state index in [4.69, 9.17) is 18.9 Å². The minimum atomic E-state index is -1.54. The number of nitrogens with zero attached hydrogens (tertiary/aromatic N) is 1. The predicted molar refractivity (Wildman–Crippen MR) is 382 cm³/mol. The number of carbonyl (C=O) groups excluding carboxylic acids is 2. The van der Waals surface area contributed by atoms with Gasteiger partial charge in [-0.3, -0.25) is 9.59 Å². The first-order valence-corrected chi connectivity index (χ1v) is 34.2. The van der Waals surface area contributed by atoms with E-state index in [1.807, 2.05) is 21.1 Å². The number of hydrogen-bond acceptors (Lipinski definition) is 7. The molecule has 0 saturated carbocycles. The van der Waals surface area contributed by atoms with E-state index in [1.54, 1.807) is 0 Å². The fourth-order valence-electron chi connectivity index (χ4n) is 8.38. The largest absolute Gasteiger partial charge is 0.477 e. The number of allylic oxidation sites excluding steroid dienone is 34. The zero-order valence-electron chi connectivity index (χ0n) is 56.5. The van der Waals surface area contributed by atoms with E-state index >= 15 is 0 Å². The number of aliphatic carboxylic acids is 1. The Morgan fingerprint density at radius 1 is 0.337 bits per heavy atom. The average molecular weight is 1230 g/mol. The normalized spacial score (nSPS) is 14.0. The van der Waals surface area contributed by atoms with Crippen molar-refractivity contribution >= 4 is 17.9 Å². The summed E-state index contributed by atoms with van der Waals surface area (Å²) < 4.78 is 22.8. The number of quaternary nitrogens is 1. The van der Waals surface area contributed by atoms with Crippen molar-refractivity contribution in [2.75, 3.05) is 47.5 Å². The molecule has 0 aliphatic rings. The number of esters is 2. The van der Waals surface area contributed by atoms with Gasteiger partial charge in [-0.25, -0.2) is 4.79 Å². The lowest BCUT2D eigenvalue weighted by Gasteiger charge is -2.25. The van der Waals surface area contributed by atoms with Gasteiger partial charge in [-0.2, -0.15) is 0 Å². The smallest absolute Gasteiger partial charge is 0.361 e. The second kappa shape index (κ2) is 67.8. The van der Waals surface area contributed by atoms with Gasteiger partial charge in [0, 0.05) is 12.8 Å². The third-order valence-electron chi connectivity index (χ3n) is 13.5. The Morgan fingerprint density at radius 2 is 0.618 bits per heavy atom. The Hall–Kier alpha value is -6.13. The fraction of sp³-hybridized carbons (Fsp3) is 0.537. The second-order valence-corrected chi connectivity index (χ2v) is 23.0. The van der Waals surface area contributed by atoms with Crippen molar-refractivity contribution in [3.05, 3.63) is 207 Å². The number of hydrogen-bond donors (Lipinski definition) is 1. The second-order valence-electron chi connectivity index (χ2n) is 23.0. The van der Waals surface area contributed by atoms with Crippen LogP contribution in [0.4, 0.5) is 0 Å². The molecule has 0 aliphatic heterocycles. The molecular weight excluding hydrogens is 1100 g/mol. The predicted octanol–water partition coefficient (Wildman–Crippen LogP) is 21.6. The van der Waals surface area contributed by atoms with E-state index in [0.717, 1.165) is 141 Å². The van der Waals surface area contributed by atoms with Crippen LogP contribution in [-0.4, -0.2) is 87.4 Å². The van der Waals surface area contributed by atoms with E-state index in [-0.39, 0.29) is 32.7 Å². The summed E-state index contributed by atoms with van der Waals surface area (Å²) in [5.74, 6) is -2.12. The van der Waals surface area contributed by atoms with Crippen LogP contribution in [0.5, 0.6) is 0 Å². The first-order chi connectivity index (χ1) is 43.6. The van der Waals surface area contributed by atoms with Crippen LogP contribution in [0.3, 0.4) is 0 Å². The van der Waals surface area contributed by atoms with Crippen LogP contribution in [0.15, 0.2) is 207 Å².